The molecule has 0 radical (unpaired) electrons. The third kappa shape index (κ3) is 20.0. The molecule has 0 fully saturated rings. The predicted molar refractivity (Wildman–Crippen MR) is 161 cm³/mol. The first kappa shape index (κ1) is 31.1. The zero-order chi connectivity index (χ0) is 29.3. The van der Waals surface area contributed by atoms with Gasteiger partial charge in [-0.15, -0.1) is 6.42 Å². The van der Waals surface area contributed by atoms with Crippen LogP contribution in [-0.4, -0.2) is 30.5 Å². The van der Waals surface area contributed by atoms with Gasteiger partial charge in [0.15, 0.2) is 6.17 Å². The van der Waals surface area contributed by atoms with E-state index in [0.717, 1.165) is 0 Å². The van der Waals surface area contributed by atoms with Crippen LogP contribution < -0.4 is 5.73 Å². The van der Waals surface area contributed by atoms with Gasteiger partial charge < -0.3 is 5.73 Å². The minimum absolute atomic E-state index is 0.249. The van der Waals surface area contributed by atoms with Gasteiger partial charge in [0, 0.05) is 114 Å². The molecular weight excluding hydrogens is 498 g/mol. The van der Waals surface area contributed by atoms with Gasteiger partial charge >= 0.3 is 0 Å². The van der Waals surface area contributed by atoms with E-state index in [1.807, 2.05) is 4.90 Å². The number of rotatable bonds is 1. The Bertz CT molecular complexity index is 2170. The monoisotopic (exact) mass is 507 g/mol. The van der Waals surface area contributed by atoms with Gasteiger partial charge in [-0.1, -0.05) is 0 Å². The lowest BCUT2D eigenvalue weighted by Gasteiger charge is -2.14. The number of nitrogens with two attached hydrogens (primary N) is 1. The second kappa shape index (κ2) is 25.2. The zero-order valence-corrected chi connectivity index (χ0v) is 21.1. The standard InChI is InChI=1S/C38H9N3/c1-2-3-4-5-6-7-8-9-10-11-12-13-14-15-16-17-18-19-20-21-22-23-24-25-26-27-28-29-30-31-32-33-34-38-40-35-36-41(38)37-39/h1,35,38H,36-37,39H2. The predicted octanol–water partition coefficient (Wildman–Crippen LogP) is -0.697. The fraction of sp³-hybridized carbons (Fsp3) is 0.0789. The molecule has 0 amide bonds. The highest BCUT2D eigenvalue weighted by atomic mass is 15.3. The van der Waals surface area contributed by atoms with Crippen LogP contribution in [-0.2, 0) is 0 Å². The van der Waals surface area contributed by atoms with E-state index in [9.17, 15) is 0 Å². The molecule has 0 saturated heterocycles. The summed E-state index contributed by atoms with van der Waals surface area (Å²) in [6.07, 6.45) is 6.46. The van der Waals surface area contributed by atoms with Crippen LogP contribution in [0.5, 0.6) is 0 Å². The van der Waals surface area contributed by atoms with Gasteiger partial charge in [0.2, 0.25) is 0 Å². The Labute approximate surface area is 242 Å². The Kier molecular flexibility index (Phi) is 19.1. The van der Waals surface area contributed by atoms with Crippen molar-refractivity contribution in [1.29, 1.82) is 0 Å². The van der Waals surface area contributed by atoms with Crippen molar-refractivity contribution >= 4 is 6.21 Å². The summed E-state index contributed by atoms with van der Waals surface area (Å²) in [7, 11) is 0. The fourth-order valence-corrected chi connectivity index (χ4v) is 1.79. The molecule has 3 heteroatoms. The molecule has 2 N–H and O–H groups in total. The first-order valence-electron chi connectivity index (χ1n) is 10.8. The van der Waals surface area contributed by atoms with Crippen LogP contribution in [0.4, 0.5) is 0 Å². The third-order valence-electron chi connectivity index (χ3n) is 3.29. The summed E-state index contributed by atoms with van der Waals surface area (Å²) in [4.78, 5) is 6.08. The average Bonchev–Trinajstić information content (AvgIpc) is 3.45. The van der Waals surface area contributed by atoms with Gasteiger partial charge in [-0.3, -0.25) is 9.89 Å². The molecule has 41 heavy (non-hydrogen) atoms. The molecule has 0 spiro atoms. The minimum atomic E-state index is -0.249. The quantitative estimate of drug-likeness (QED) is 0.478. The molecule has 1 heterocycles. The van der Waals surface area contributed by atoms with Crippen molar-refractivity contribution in [1.82, 2.24) is 4.90 Å². The van der Waals surface area contributed by atoms with E-state index in [4.69, 9.17) is 12.2 Å². The van der Waals surface area contributed by atoms with Crippen molar-refractivity contribution in [3.05, 3.63) is 0 Å². The molecule has 0 aromatic carbocycles. The van der Waals surface area contributed by atoms with Gasteiger partial charge in [0.05, 0.1) is 0 Å². The van der Waals surface area contributed by atoms with Gasteiger partial charge in [-0.25, -0.2) is 0 Å². The van der Waals surface area contributed by atoms with Crippen molar-refractivity contribution in [2.24, 2.45) is 10.7 Å². The smallest absolute Gasteiger partial charge is 0.166 e. The molecule has 0 aliphatic carbocycles. The number of hydrogen-bond donors (Lipinski definition) is 1. The molecule has 1 rings (SSSR count). The van der Waals surface area contributed by atoms with Gasteiger partial charge in [-0.2, -0.15) is 0 Å². The van der Waals surface area contributed by atoms with Crippen LogP contribution in [0.25, 0.3) is 0 Å². The molecule has 0 bridgehead atoms. The highest BCUT2D eigenvalue weighted by molar-refractivity contribution is 5.63. The number of aliphatic imine (C=N–C) groups is 1. The molecule has 1 atom stereocenters. The van der Waals surface area contributed by atoms with E-state index in [1.54, 1.807) is 6.21 Å². The number of hydrogen-bond acceptors (Lipinski definition) is 3. The van der Waals surface area contributed by atoms with E-state index in [0.29, 0.717) is 13.2 Å². The second-order valence-corrected chi connectivity index (χ2v) is 5.82. The molecule has 3 nitrogen and oxygen atoms in total. The summed E-state index contributed by atoms with van der Waals surface area (Å²) >= 11 is 0. The molecule has 176 valence electrons. The summed E-state index contributed by atoms with van der Waals surface area (Å²) in [6.45, 7) is 1.07. The fourth-order valence-electron chi connectivity index (χ4n) is 1.79. The lowest BCUT2D eigenvalue weighted by molar-refractivity contribution is 0.305. The topological polar surface area (TPSA) is 41.6 Å². The summed E-state index contributed by atoms with van der Waals surface area (Å²) in [5.41, 5.74) is 5.58. The van der Waals surface area contributed by atoms with Crippen LogP contribution in [0, 0.1) is 202 Å². The molecule has 1 unspecified atom stereocenters. The first-order valence-corrected chi connectivity index (χ1v) is 10.8. The number of nitrogens with zero attached hydrogens (tertiary/aromatic N) is 2. The van der Waals surface area contributed by atoms with Crippen LogP contribution in [0.1, 0.15) is 0 Å². The third-order valence-corrected chi connectivity index (χ3v) is 3.29. The van der Waals surface area contributed by atoms with Crippen molar-refractivity contribution in [2.75, 3.05) is 13.2 Å². The Morgan fingerprint density at radius 2 is 0.756 bits per heavy atom. The maximum atomic E-state index is 5.58. The molecule has 0 aromatic heterocycles. The Morgan fingerprint density at radius 3 is 1.02 bits per heavy atom. The normalized spacial score (nSPS) is 8.93. The minimum Gasteiger partial charge on any atom is -0.318 e. The number of terminal acetylenes is 1. The Morgan fingerprint density at radius 1 is 0.488 bits per heavy atom. The van der Waals surface area contributed by atoms with Crippen molar-refractivity contribution in [2.45, 2.75) is 6.17 Å². The summed E-state index contributed by atoms with van der Waals surface area (Å²) in [5, 5.41) is 0. The Hall–Kier alpha value is -7.89. The van der Waals surface area contributed by atoms with Crippen molar-refractivity contribution in [3.8, 4) is 202 Å². The summed E-state index contributed by atoms with van der Waals surface area (Å²) in [6, 6.07) is 0. The van der Waals surface area contributed by atoms with Crippen LogP contribution in [0.15, 0.2) is 4.99 Å². The van der Waals surface area contributed by atoms with Gasteiger partial charge in [-0.05, 0) is 101 Å². The summed E-state index contributed by atoms with van der Waals surface area (Å²) < 4.78 is 0. The zero-order valence-electron chi connectivity index (χ0n) is 21.1. The van der Waals surface area contributed by atoms with Crippen LogP contribution in [0.2, 0.25) is 0 Å². The second-order valence-electron chi connectivity index (χ2n) is 5.82. The van der Waals surface area contributed by atoms with Crippen LogP contribution in [0.3, 0.4) is 0 Å². The summed E-state index contributed by atoms with van der Waals surface area (Å²) in [5.74, 6) is 82.6. The van der Waals surface area contributed by atoms with E-state index < -0.39 is 0 Å². The Balaban J connectivity index is 2.39. The SMILES string of the molecule is C#CC#CC#CC#CC#CC#CC#CC#CC#CC#CC#CC#CC#CC#CC#CC#CC#CC1N=CCN1CN. The lowest BCUT2D eigenvalue weighted by Crippen LogP contribution is -2.34. The highest BCUT2D eigenvalue weighted by Gasteiger charge is 2.16. The van der Waals surface area contributed by atoms with Crippen molar-refractivity contribution in [3.63, 3.8) is 0 Å². The average molecular weight is 508 g/mol. The lowest BCUT2D eigenvalue weighted by atomic mass is 10.4. The van der Waals surface area contributed by atoms with E-state index in [-0.39, 0.29) is 6.17 Å². The van der Waals surface area contributed by atoms with Gasteiger partial charge in [0.25, 0.3) is 0 Å². The molecular formula is C38H9N3. The van der Waals surface area contributed by atoms with Crippen LogP contribution >= 0.6 is 0 Å². The highest BCUT2D eigenvalue weighted by Crippen LogP contribution is 2.02. The van der Waals surface area contributed by atoms with E-state index >= 15 is 0 Å². The maximum absolute atomic E-state index is 5.58. The van der Waals surface area contributed by atoms with Crippen molar-refractivity contribution < 1.29 is 0 Å². The first-order chi connectivity index (χ1) is 20.4. The van der Waals surface area contributed by atoms with E-state index in [1.165, 1.54) is 0 Å². The maximum Gasteiger partial charge on any atom is 0.166 e. The molecule has 1 aliphatic heterocycles. The molecule has 0 saturated carbocycles. The molecule has 0 aromatic rings. The molecule has 1 aliphatic rings. The van der Waals surface area contributed by atoms with Gasteiger partial charge in [0.1, 0.15) is 0 Å². The largest absolute Gasteiger partial charge is 0.318 e. The van der Waals surface area contributed by atoms with E-state index in [2.05, 4.69) is 200 Å².